The zero-order valence-electron chi connectivity index (χ0n) is 18.5. The molecule has 168 valence electrons. The molecule has 3 saturated heterocycles. The second-order valence-electron chi connectivity index (χ2n) is 9.54. The van der Waals surface area contributed by atoms with Crippen LogP contribution in [0.1, 0.15) is 47.3 Å². The molecule has 0 saturated carbocycles. The molecule has 2 amide bonds. The number of aromatic amines is 1. The number of rotatable bonds is 3. The van der Waals surface area contributed by atoms with Gasteiger partial charge in [0.15, 0.2) is 11.5 Å². The SMILES string of the molecule is COc1cc2c(cc1OC)-c1n[nH]c(C(=O)N3C[C@H]4C[C@@H](C3)C3CCCC(=O)N3C4)c1C2. The van der Waals surface area contributed by atoms with E-state index in [0.29, 0.717) is 66.9 Å². The molecule has 0 spiro atoms. The fourth-order valence-electron chi connectivity index (χ4n) is 6.35. The predicted octanol–water partition coefficient (Wildman–Crippen LogP) is 2.47. The average molecular weight is 437 g/mol. The number of aromatic nitrogens is 2. The highest BCUT2D eigenvalue weighted by Gasteiger charge is 2.45. The standard InChI is InChI=1S/C24H28N4O4/c1-31-19-8-14-7-17-22(16(14)9-20(19)32-2)25-26-23(17)24(30)27-10-13-6-15(12-27)18-4-3-5-21(29)28(18)11-13/h8-9,13,15,18H,3-7,10-12H2,1-2H3,(H,25,26)/t13-,15+,18?/m1/s1. The second-order valence-corrected chi connectivity index (χ2v) is 9.54. The van der Waals surface area contributed by atoms with Gasteiger partial charge in [-0.25, -0.2) is 0 Å². The van der Waals surface area contributed by atoms with Gasteiger partial charge in [0, 0.05) is 49.6 Å². The summed E-state index contributed by atoms with van der Waals surface area (Å²) in [7, 11) is 3.25. The van der Waals surface area contributed by atoms with E-state index in [9.17, 15) is 9.59 Å². The first-order chi connectivity index (χ1) is 15.6. The molecule has 2 bridgehead atoms. The van der Waals surface area contributed by atoms with Gasteiger partial charge >= 0.3 is 0 Å². The molecule has 1 aliphatic carbocycles. The van der Waals surface area contributed by atoms with Gasteiger partial charge in [-0.1, -0.05) is 0 Å². The topological polar surface area (TPSA) is 87.8 Å². The number of carbonyl (C=O) groups is 2. The number of amides is 2. The van der Waals surface area contributed by atoms with E-state index in [1.165, 1.54) is 0 Å². The van der Waals surface area contributed by atoms with E-state index in [4.69, 9.17) is 9.47 Å². The summed E-state index contributed by atoms with van der Waals surface area (Å²) in [4.78, 5) is 30.1. The molecule has 0 radical (unpaired) electrons. The van der Waals surface area contributed by atoms with Crippen LogP contribution in [0.25, 0.3) is 11.3 Å². The number of likely N-dealkylation sites (tertiary alicyclic amines) is 1. The van der Waals surface area contributed by atoms with E-state index in [2.05, 4.69) is 15.1 Å². The van der Waals surface area contributed by atoms with Gasteiger partial charge in [-0.05, 0) is 48.8 Å². The first-order valence-electron chi connectivity index (χ1n) is 11.5. The summed E-state index contributed by atoms with van der Waals surface area (Å²) in [6.45, 7) is 2.20. The third-order valence-electron chi connectivity index (χ3n) is 7.78. The van der Waals surface area contributed by atoms with Crippen molar-refractivity contribution in [3.05, 3.63) is 29.0 Å². The van der Waals surface area contributed by atoms with Crippen molar-refractivity contribution >= 4 is 11.8 Å². The Morgan fingerprint density at radius 1 is 1.16 bits per heavy atom. The number of nitrogens with one attached hydrogen (secondary N) is 1. The maximum absolute atomic E-state index is 13.6. The van der Waals surface area contributed by atoms with Gasteiger partial charge in [-0.15, -0.1) is 0 Å². The minimum Gasteiger partial charge on any atom is -0.493 e. The first kappa shape index (κ1) is 19.6. The Morgan fingerprint density at radius 3 is 2.78 bits per heavy atom. The van der Waals surface area contributed by atoms with Crippen LogP contribution in [0.3, 0.4) is 0 Å². The number of piperidine rings is 3. The lowest BCUT2D eigenvalue weighted by molar-refractivity contribution is -0.144. The molecule has 1 aromatic heterocycles. The molecule has 2 aromatic rings. The number of hydrogen-bond donors (Lipinski definition) is 1. The van der Waals surface area contributed by atoms with Gasteiger partial charge in [-0.2, -0.15) is 5.10 Å². The molecular formula is C24H28N4O4. The summed E-state index contributed by atoms with van der Waals surface area (Å²) in [5.41, 5.74) is 4.44. The van der Waals surface area contributed by atoms with Gasteiger partial charge in [0.25, 0.3) is 5.91 Å². The van der Waals surface area contributed by atoms with Crippen molar-refractivity contribution < 1.29 is 19.1 Å². The lowest BCUT2D eigenvalue weighted by Gasteiger charge is -2.52. The third-order valence-corrected chi connectivity index (χ3v) is 7.78. The van der Waals surface area contributed by atoms with Crippen LogP contribution in [-0.2, 0) is 11.2 Å². The first-order valence-corrected chi connectivity index (χ1v) is 11.5. The molecule has 1 N–H and O–H groups in total. The van der Waals surface area contributed by atoms with E-state index in [-0.39, 0.29) is 5.91 Å². The maximum atomic E-state index is 13.6. The Morgan fingerprint density at radius 2 is 1.97 bits per heavy atom. The molecule has 6 rings (SSSR count). The van der Waals surface area contributed by atoms with Gasteiger partial charge in [0.1, 0.15) is 5.69 Å². The highest BCUT2D eigenvalue weighted by Crippen LogP contribution is 2.43. The summed E-state index contributed by atoms with van der Waals surface area (Å²) in [6, 6.07) is 4.21. The van der Waals surface area contributed by atoms with Crippen LogP contribution in [0, 0.1) is 11.8 Å². The number of ether oxygens (including phenoxy) is 2. The molecule has 4 aliphatic rings. The van der Waals surface area contributed by atoms with Crippen LogP contribution in [0.2, 0.25) is 0 Å². The van der Waals surface area contributed by atoms with Crippen LogP contribution >= 0.6 is 0 Å². The van der Waals surface area contributed by atoms with Crippen molar-refractivity contribution in [2.45, 2.75) is 38.1 Å². The summed E-state index contributed by atoms with van der Waals surface area (Å²) in [6.07, 6.45) is 4.46. The monoisotopic (exact) mass is 436 g/mol. The Kier molecular flexibility index (Phi) is 4.45. The van der Waals surface area contributed by atoms with Crippen molar-refractivity contribution in [1.82, 2.24) is 20.0 Å². The lowest BCUT2D eigenvalue weighted by atomic mass is 9.76. The minimum atomic E-state index is 0.0239. The highest BCUT2D eigenvalue weighted by atomic mass is 16.5. The van der Waals surface area contributed by atoms with Crippen molar-refractivity contribution in [2.75, 3.05) is 33.9 Å². The number of methoxy groups -OCH3 is 2. The quantitative estimate of drug-likeness (QED) is 0.682. The Hall–Kier alpha value is -3.03. The van der Waals surface area contributed by atoms with Crippen molar-refractivity contribution in [1.29, 1.82) is 0 Å². The smallest absolute Gasteiger partial charge is 0.272 e. The molecule has 3 atom stereocenters. The van der Waals surface area contributed by atoms with Crippen LogP contribution in [0.4, 0.5) is 0 Å². The fourth-order valence-corrected chi connectivity index (χ4v) is 6.35. The van der Waals surface area contributed by atoms with Crippen molar-refractivity contribution in [3.63, 3.8) is 0 Å². The Labute approximate surface area is 186 Å². The van der Waals surface area contributed by atoms with Gasteiger partial charge in [0.2, 0.25) is 5.91 Å². The number of H-pyrrole nitrogens is 1. The maximum Gasteiger partial charge on any atom is 0.272 e. The minimum absolute atomic E-state index is 0.0239. The molecular weight excluding hydrogens is 408 g/mol. The van der Waals surface area contributed by atoms with E-state index in [1.807, 2.05) is 17.0 Å². The van der Waals surface area contributed by atoms with Gasteiger partial charge in [0.05, 0.1) is 19.9 Å². The van der Waals surface area contributed by atoms with Crippen molar-refractivity contribution in [3.8, 4) is 22.8 Å². The van der Waals surface area contributed by atoms with E-state index in [0.717, 1.165) is 48.2 Å². The zero-order chi connectivity index (χ0) is 22.0. The highest BCUT2D eigenvalue weighted by molar-refractivity contribution is 5.97. The van der Waals surface area contributed by atoms with Crippen LogP contribution < -0.4 is 9.47 Å². The van der Waals surface area contributed by atoms with E-state index in [1.54, 1.807) is 14.2 Å². The normalized spacial score (nSPS) is 25.8. The lowest BCUT2D eigenvalue weighted by Crippen LogP contribution is -2.61. The predicted molar refractivity (Wildman–Crippen MR) is 117 cm³/mol. The summed E-state index contributed by atoms with van der Waals surface area (Å²) in [5, 5.41) is 7.54. The Balaban J connectivity index is 1.26. The van der Waals surface area contributed by atoms with Gasteiger partial charge < -0.3 is 19.3 Å². The largest absolute Gasteiger partial charge is 0.493 e. The average Bonchev–Trinajstić information content (AvgIpc) is 3.37. The van der Waals surface area contributed by atoms with Crippen LogP contribution in [0.5, 0.6) is 11.5 Å². The second kappa shape index (κ2) is 7.25. The molecule has 1 aromatic carbocycles. The molecule has 8 nitrogen and oxygen atoms in total. The molecule has 3 aliphatic heterocycles. The summed E-state index contributed by atoms with van der Waals surface area (Å²) < 4.78 is 10.9. The third kappa shape index (κ3) is 2.84. The van der Waals surface area contributed by atoms with Crippen molar-refractivity contribution in [2.24, 2.45) is 11.8 Å². The Bertz CT molecular complexity index is 1110. The van der Waals surface area contributed by atoms with Gasteiger partial charge in [-0.3, -0.25) is 14.7 Å². The summed E-state index contributed by atoms with van der Waals surface area (Å²) >= 11 is 0. The summed E-state index contributed by atoms with van der Waals surface area (Å²) in [5.74, 6) is 2.39. The number of benzene rings is 1. The fraction of sp³-hybridized carbons (Fsp3) is 0.542. The number of carbonyl (C=O) groups excluding carboxylic acids is 2. The van der Waals surface area contributed by atoms with E-state index >= 15 is 0 Å². The molecule has 32 heavy (non-hydrogen) atoms. The number of hydrogen-bond acceptors (Lipinski definition) is 5. The number of fused-ring (bicyclic) bond motifs is 7. The zero-order valence-corrected chi connectivity index (χ0v) is 18.5. The molecule has 3 fully saturated rings. The van der Waals surface area contributed by atoms with E-state index < -0.39 is 0 Å². The molecule has 1 unspecified atom stereocenters. The van der Waals surface area contributed by atoms with Crippen LogP contribution in [0.15, 0.2) is 12.1 Å². The molecule has 4 heterocycles. The number of nitrogens with zero attached hydrogens (tertiary/aromatic N) is 3. The molecule has 8 heteroatoms. The van der Waals surface area contributed by atoms with Crippen LogP contribution in [-0.4, -0.2) is 71.7 Å².